The molecule has 0 aromatic heterocycles. The first kappa shape index (κ1) is 26.9. The molecule has 1 aliphatic heterocycles. The van der Waals surface area contributed by atoms with Gasteiger partial charge in [-0.2, -0.15) is 0 Å². The Bertz CT molecular complexity index is 1400. The van der Waals surface area contributed by atoms with Gasteiger partial charge in [-0.25, -0.2) is 4.39 Å². The van der Waals surface area contributed by atoms with E-state index in [0.717, 1.165) is 44.5 Å². The molecule has 0 bridgehead atoms. The van der Waals surface area contributed by atoms with E-state index in [9.17, 15) is 4.39 Å². The van der Waals surface area contributed by atoms with Gasteiger partial charge in [0, 0.05) is 19.3 Å². The van der Waals surface area contributed by atoms with Crippen molar-refractivity contribution in [3.05, 3.63) is 142 Å². The summed E-state index contributed by atoms with van der Waals surface area (Å²) in [5.41, 5.74) is 9.46. The van der Waals surface area contributed by atoms with Crippen molar-refractivity contribution >= 4 is 17.7 Å². The minimum Gasteiger partial charge on any atom is -1.00 e. The van der Waals surface area contributed by atoms with Gasteiger partial charge in [0.1, 0.15) is 17.7 Å². The standard InChI is InChI=1S/C35H32FNO.ClH/c36-30-16-18-31(19-17-30)38-34(28-10-2-1-3-11-28)22-25-37-23-20-29(21-24-37)35-32-12-6-4-8-26(32)14-15-27-9-5-7-13-33(27)35;/h1-19,34H,20-25H2;1H. The van der Waals surface area contributed by atoms with Crippen LogP contribution in [0.5, 0.6) is 5.75 Å². The molecule has 39 heavy (non-hydrogen) atoms. The smallest absolute Gasteiger partial charge is 0.129 e. The maximum absolute atomic E-state index is 13.4. The van der Waals surface area contributed by atoms with Crippen molar-refractivity contribution in [2.45, 2.75) is 25.4 Å². The number of halogens is 2. The summed E-state index contributed by atoms with van der Waals surface area (Å²) < 4.78 is 19.8. The molecule has 4 aromatic rings. The maximum Gasteiger partial charge on any atom is 0.129 e. The third-order valence-corrected chi connectivity index (χ3v) is 7.84. The number of likely N-dealkylation sites (tertiary alicyclic amines) is 1. The summed E-state index contributed by atoms with van der Waals surface area (Å²) in [5.74, 6) is 0.464. The molecule has 1 N–H and O–H groups in total. The molecule has 1 unspecified atom stereocenters. The van der Waals surface area contributed by atoms with Crippen LogP contribution in [0.2, 0.25) is 0 Å². The molecule has 0 amide bonds. The van der Waals surface area contributed by atoms with Gasteiger partial charge in [-0.1, -0.05) is 96.6 Å². The molecule has 0 saturated carbocycles. The molecular formula is C35H33ClFNO. The van der Waals surface area contributed by atoms with Gasteiger partial charge in [0.25, 0.3) is 0 Å². The highest BCUT2D eigenvalue weighted by atomic mass is 35.5. The Kier molecular flexibility index (Phi) is 8.61. The second kappa shape index (κ2) is 12.5. The number of rotatable bonds is 6. The van der Waals surface area contributed by atoms with Gasteiger partial charge in [-0.05, 0) is 57.7 Å². The summed E-state index contributed by atoms with van der Waals surface area (Å²) in [4.78, 5) is 1.62. The predicted octanol–water partition coefficient (Wildman–Crippen LogP) is 4.00. The van der Waals surface area contributed by atoms with Crippen molar-refractivity contribution in [3.8, 4) is 5.75 Å². The SMILES string of the molecule is Fc1ccc(OC(CC[NH+]2CCC(=C3c4ccccc4C=Cc4ccccc43)CC2)c2ccccc2)cc1.[Cl-]. The summed E-state index contributed by atoms with van der Waals surface area (Å²) >= 11 is 0. The molecule has 2 aliphatic rings. The van der Waals surface area contributed by atoms with E-state index >= 15 is 0 Å². The Hall–Kier alpha value is -3.66. The lowest BCUT2D eigenvalue weighted by Crippen LogP contribution is -3.12. The molecular weight excluding hydrogens is 505 g/mol. The maximum atomic E-state index is 13.4. The van der Waals surface area contributed by atoms with Crippen LogP contribution in [0.4, 0.5) is 4.39 Å². The van der Waals surface area contributed by atoms with E-state index in [0.29, 0.717) is 5.75 Å². The van der Waals surface area contributed by atoms with Crippen molar-refractivity contribution in [3.63, 3.8) is 0 Å². The van der Waals surface area contributed by atoms with E-state index in [1.54, 1.807) is 22.6 Å². The van der Waals surface area contributed by atoms with Crippen molar-refractivity contribution in [2.24, 2.45) is 0 Å². The number of ether oxygens (including phenoxy) is 1. The summed E-state index contributed by atoms with van der Waals surface area (Å²) in [5, 5.41) is 0. The van der Waals surface area contributed by atoms with E-state index in [1.165, 1.54) is 40.0 Å². The molecule has 1 heterocycles. The molecule has 1 atom stereocenters. The zero-order valence-corrected chi connectivity index (χ0v) is 22.7. The zero-order chi connectivity index (χ0) is 25.7. The molecule has 198 valence electrons. The summed E-state index contributed by atoms with van der Waals surface area (Å²) in [6, 6.07) is 34.3. The van der Waals surface area contributed by atoms with Crippen molar-refractivity contribution < 1.29 is 26.4 Å². The van der Waals surface area contributed by atoms with Crippen LogP contribution in [0, 0.1) is 5.82 Å². The number of hydrogen-bond donors (Lipinski definition) is 1. The largest absolute Gasteiger partial charge is 1.00 e. The second-order valence-electron chi connectivity index (χ2n) is 10.2. The fraction of sp³-hybridized carbons (Fsp3) is 0.200. The van der Waals surface area contributed by atoms with Crippen molar-refractivity contribution in [2.75, 3.05) is 19.6 Å². The highest BCUT2D eigenvalue weighted by Gasteiger charge is 2.25. The van der Waals surface area contributed by atoms with E-state index in [2.05, 4.69) is 84.9 Å². The molecule has 6 rings (SSSR count). The average molecular weight is 538 g/mol. The quantitative estimate of drug-likeness (QED) is 0.346. The number of fused-ring (bicyclic) bond motifs is 2. The van der Waals surface area contributed by atoms with Gasteiger partial charge in [0.05, 0.1) is 19.6 Å². The Balaban J connectivity index is 0.00000308. The first-order valence-corrected chi connectivity index (χ1v) is 13.6. The molecule has 4 heteroatoms. The number of piperidine rings is 1. The molecule has 2 nitrogen and oxygen atoms in total. The summed E-state index contributed by atoms with van der Waals surface area (Å²) in [6.45, 7) is 3.28. The molecule has 1 saturated heterocycles. The third kappa shape index (κ3) is 6.16. The topological polar surface area (TPSA) is 13.7 Å². The Morgan fingerprint density at radius 2 is 1.26 bits per heavy atom. The number of hydrogen-bond acceptors (Lipinski definition) is 1. The first-order valence-electron chi connectivity index (χ1n) is 13.6. The van der Waals surface area contributed by atoms with Gasteiger partial charge < -0.3 is 22.0 Å². The van der Waals surface area contributed by atoms with Gasteiger partial charge in [0.15, 0.2) is 0 Å². The zero-order valence-electron chi connectivity index (χ0n) is 22.0. The summed E-state index contributed by atoms with van der Waals surface area (Å²) in [7, 11) is 0. The number of quaternary nitrogens is 1. The van der Waals surface area contributed by atoms with Crippen molar-refractivity contribution in [1.82, 2.24) is 0 Å². The van der Waals surface area contributed by atoms with Crippen molar-refractivity contribution in [1.29, 1.82) is 0 Å². The minimum absolute atomic E-state index is 0. The van der Waals surface area contributed by atoms with Crippen LogP contribution in [0.25, 0.3) is 17.7 Å². The van der Waals surface area contributed by atoms with E-state index in [-0.39, 0.29) is 24.3 Å². The van der Waals surface area contributed by atoms with Gasteiger partial charge in [-0.15, -0.1) is 0 Å². The van der Waals surface area contributed by atoms with Gasteiger partial charge >= 0.3 is 0 Å². The fourth-order valence-corrected chi connectivity index (χ4v) is 5.82. The fourth-order valence-electron chi connectivity index (χ4n) is 5.82. The van der Waals surface area contributed by atoms with Gasteiger partial charge in [0.2, 0.25) is 0 Å². The van der Waals surface area contributed by atoms with Crippen LogP contribution < -0.4 is 22.0 Å². The van der Waals surface area contributed by atoms with Crippen LogP contribution in [0.15, 0.2) is 109 Å². The van der Waals surface area contributed by atoms with E-state index in [4.69, 9.17) is 4.74 Å². The molecule has 4 aromatic carbocycles. The van der Waals surface area contributed by atoms with Crippen LogP contribution >= 0.6 is 0 Å². The highest BCUT2D eigenvalue weighted by molar-refractivity contribution is 5.94. The van der Waals surface area contributed by atoms with Crippen LogP contribution in [0.3, 0.4) is 0 Å². The number of benzene rings is 4. The molecule has 1 fully saturated rings. The Morgan fingerprint density at radius 1 is 0.692 bits per heavy atom. The lowest BCUT2D eigenvalue weighted by molar-refractivity contribution is -0.903. The average Bonchev–Trinajstić information content (AvgIpc) is 3.14. The van der Waals surface area contributed by atoms with Crippen LogP contribution in [-0.2, 0) is 0 Å². The monoisotopic (exact) mass is 537 g/mol. The second-order valence-corrected chi connectivity index (χ2v) is 10.2. The van der Waals surface area contributed by atoms with Gasteiger partial charge in [-0.3, -0.25) is 0 Å². The first-order chi connectivity index (χ1) is 18.7. The minimum atomic E-state index is -0.244. The Morgan fingerprint density at radius 3 is 1.87 bits per heavy atom. The van der Waals surface area contributed by atoms with E-state index < -0.39 is 0 Å². The summed E-state index contributed by atoms with van der Waals surface area (Å²) in [6.07, 6.45) is 7.57. The number of nitrogens with one attached hydrogen (secondary N) is 1. The van der Waals surface area contributed by atoms with Crippen LogP contribution in [0.1, 0.15) is 53.2 Å². The highest BCUT2D eigenvalue weighted by Crippen LogP contribution is 2.37. The Labute approximate surface area is 236 Å². The molecule has 1 aliphatic carbocycles. The lowest BCUT2D eigenvalue weighted by atomic mass is 9.86. The van der Waals surface area contributed by atoms with Crippen LogP contribution in [-0.4, -0.2) is 19.6 Å². The predicted molar refractivity (Wildman–Crippen MR) is 153 cm³/mol. The third-order valence-electron chi connectivity index (χ3n) is 7.84. The normalized spacial score (nSPS) is 16.9. The molecule has 0 spiro atoms. The van der Waals surface area contributed by atoms with E-state index in [1.807, 2.05) is 6.07 Å². The molecule has 0 radical (unpaired) electrons. The lowest BCUT2D eigenvalue weighted by Gasteiger charge is -2.29.